The molecular weight excluding hydrogens is 319 g/mol. The number of nitrogens with one attached hydrogen (secondary N) is 1. The van der Waals surface area contributed by atoms with Crippen molar-refractivity contribution in [3.63, 3.8) is 0 Å². The van der Waals surface area contributed by atoms with Crippen molar-refractivity contribution in [2.75, 3.05) is 6.54 Å². The molecule has 2 nitrogen and oxygen atoms in total. The molecule has 0 aliphatic rings. The maximum Gasteiger partial charge on any atom is 0.123 e. The number of rotatable bonds is 6. The molecule has 0 aliphatic heterocycles. The van der Waals surface area contributed by atoms with E-state index in [-0.39, 0.29) is 11.9 Å². The number of hydrogen-bond donors (Lipinski definition) is 1. The van der Waals surface area contributed by atoms with Crippen molar-refractivity contribution < 1.29 is 4.39 Å². The van der Waals surface area contributed by atoms with Crippen LogP contribution in [0.5, 0.6) is 0 Å². The van der Waals surface area contributed by atoms with E-state index in [1.54, 1.807) is 18.3 Å². The van der Waals surface area contributed by atoms with Crippen molar-refractivity contribution in [3.05, 3.63) is 64.1 Å². The monoisotopic (exact) mass is 336 g/mol. The van der Waals surface area contributed by atoms with Gasteiger partial charge in [0.25, 0.3) is 0 Å². The summed E-state index contributed by atoms with van der Waals surface area (Å²) < 4.78 is 14.3. The van der Waals surface area contributed by atoms with Gasteiger partial charge in [0.15, 0.2) is 0 Å². The minimum atomic E-state index is -0.197. The highest BCUT2D eigenvalue weighted by molar-refractivity contribution is 9.10. The van der Waals surface area contributed by atoms with Crippen LogP contribution in [0.25, 0.3) is 0 Å². The Hall–Kier alpha value is -1.26. The van der Waals surface area contributed by atoms with E-state index in [0.29, 0.717) is 6.42 Å². The van der Waals surface area contributed by atoms with Gasteiger partial charge in [0.1, 0.15) is 5.82 Å². The van der Waals surface area contributed by atoms with E-state index in [1.165, 1.54) is 6.07 Å². The quantitative estimate of drug-likeness (QED) is 0.852. The molecule has 0 saturated carbocycles. The minimum Gasteiger partial charge on any atom is -0.308 e. The second-order valence-electron chi connectivity index (χ2n) is 4.71. The van der Waals surface area contributed by atoms with Crippen LogP contribution < -0.4 is 5.32 Å². The smallest absolute Gasteiger partial charge is 0.123 e. The fraction of sp³-hybridized carbons (Fsp3) is 0.312. The highest BCUT2D eigenvalue weighted by atomic mass is 79.9. The first-order valence-electron chi connectivity index (χ1n) is 6.79. The molecule has 0 amide bonds. The molecule has 4 heteroatoms. The van der Waals surface area contributed by atoms with Gasteiger partial charge in [-0.1, -0.05) is 19.1 Å². The molecule has 0 radical (unpaired) electrons. The van der Waals surface area contributed by atoms with Crippen molar-refractivity contribution in [2.24, 2.45) is 0 Å². The first-order chi connectivity index (χ1) is 9.70. The van der Waals surface area contributed by atoms with Crippen molar-refractivity contribution >= 4 is 15.9 Å². The summed E-state index contributed by atoms with van der Waals surface area (Å²) in [5, 5.41) is 3.48. The summed E-state index contributed by atoms with van der Waals surface area (Å²) in [7, 11) is 0. The molecule has 1 aromatic heterocycles. The molecule has 1 unspecified atom stereocenters. The second-order valence-corrected chi connectivity index (χ2v) is 5.57. The maximum atomic E-state index is 13.3. The zero-order valence-corrected chi connectivity index (χ0v) is 13.0. The third kappa shape index (κ3) is 4.12. The van der Waals surface area contributed by atoms with Gasteiger partial charge in [0.2, 0.25) is 0 Å². The van der Waals surface area contributed by atoms with E-state index < -0.39 is 0 Å². The largest absolute Gasteiger partial charge is 0.308 e. The van der Waals surface area contributed by atoms with E-state index in [2.05, 4.69) is 33.2 Å². The molecule has 2 aromatic rings. The van der Waals surface area contributed by atoms with Crippen LogP contribution in [0.2, 0.25) is 0 Å². The van der Waals surface area contributed by atoms with Gasteiger partial charge in [-0.25, -0.2) is 4.39 Å². The molecule has 0 bridgehead atoms. The molecule has 2 rings (SSSR count). The Balaban J connectivity index is 2.22. The molecule has 1 aromatic carbocycles. The van der Waals surface area contributed by atoms with Crippen LogP contribution in [0.3, 0.4) is 0 Å². The lowest BCUT2D eigenvalue weighted by atomic mass is 10.0. The molecule has 1 atom stereocenters. The van der Waals surface area contributed by atoms with E-state index in [0.717, 1.165) is 28.7 Å². The van der Waals surface area contributed by atoms with Gasteiger partial charge in [0, 0.05) is 10.7 Å². The summed E-state index contributed by atoms with van der Waals surface area (Å²) in [4.78, 5) is 4.45. The van der Waals surface area contributed by atoms with Gasteiger partial charge >= 0.3 is 0 Å². The maximum absolute atomic E-state index is 13.3. The number of hydrogen-bond acceptors (Lipinski definition) is 2. The van der Waals surface area contributed by atoms with Crippen LogP contribution in [0.15, 0.2) is 47.1 Å². The van der Waals surface area contributed by atoms with E-state index in [1.807, 2.05) is 18.2 Å². The third-order valence-corrected chi connectivity index (χ3v) is 3.76. The van der Waals surface area contributed by atoms with Gasteiger partial charge in [-0.05, 0) is 65.1 Å². The Morgan fingerprint density at radius 2 is 2.15 bits per heavy atom. The minimum absolute atomic E-state index is 0.0762. The summed E-state index contributed by atoms with van der Waals surface area (Å²) in [5.41, 5.74) is 1.93. The first-order valence-corrected chi connectivity index (χ1v) is 7.58. The molecule has 106 valence electrons. The first kappa shape index (κ1) is 15.1. The highest BCUT2D eigenvalue weighted by Gasteiger charge is 2.16. The predicted molar refractivity (Wildman–Crippen MR) is 83.1 cm³/mol. The van der Waals surface area contributed by atoms with Gasteiger partial charge in [0.05, 0.1) is 11.7 Å². The lowest BCUT2D eigenvalue weighted by Gasteiger charge is -2.19. The lowest BCUT2D eigenvalue weighted by molar-refractivity contribution is 0.514. The fourth-order valence-corrected chi connectivity index (χ4v) is 2.67. The van der Waals surface area contributed by atoms with Crippen LogP contribution in [0.1, 0.15) is 30.6 Å². The van der Waals surface area contributed by atoms with Crippen LogP contribution in [0.4, 0.5) is 4.39 Å². The zero-order chi connectivity index (χ0) is 14.4. The van der Waals surface area contributed by atoms with Crippen LogP contribution in [-0.2, 0) is 6.42 Å². The number of halogens is 2. The zero-order valence-electron chi connectivity index (χ0n) is 11.4. The normalized spacial score (nSPS) is 12.3. The van der Waals surface area contributed by atoms with Gasteiger partial charge in [-0.3, -0.25) is 4.98 Å². The van der Waals surface area contributed by atoms with Gasteiger partial charge in [-0.2, -0.15) is 0 Å². The van der Waals surface area contributed by atoms with E-state index in [4.69, 9.17) is 0 Å². The average Bonchev–Trinajstić information content (AvgIpc) is 2.44. The highest BCUT2D eigenvalue weighted by Crippen LogP contribution is 2.24. The van der Waals surface area contributed by atoms with Crippen LogP contribution >= 0.6 is 15.9 Å². The molecule has 20 heavy (non-hydrogen) atoms. The average molecular weight is 337 g/mol. The van der Waals surface area contributed by atoms with E-state index in [9.17, 15) is 4.39 Å². The molecule has 0 saturated heterocycles. The molecule has 0 aliphatic carbocycles. The van der Waals surface area contributed by atoms with Crippen molar-refractivity contribution in [3.8, 4) is 0 Å². The Bertz CT molecular complexity index is 560. The topological polar surface area (TPSA) is 24.9 Å². The summed E-state index contributed by atoms with van der Waals surface area (Å²) >= 11 is 3.54. The van der Waals surface area contributed by atoms with Crippen LogP contribution in [-0.4, -0.2) is 11.5 Å². The molecule has 0 fully saturated rings. The van der Waals surface area contributed by atoms with Crippen molar-refractivity contribution in [1.29, 1.82) is 0 Å². The summed E-state index contributed by atoms with van der Waals surface area (Å²) in [6, 6.07) is 10.7. The second kappa shape index (κ2) is 7.50. The Kier molecular flexibility index (Phi) is 5.68. The van der Waals surface area contributed by atoms with Gasteiger partial charge < -0.3 is 5.32 Å². The number of nitrogens with zero attached hydrogens (tertiary/aromatic N) is 1. The van der Waals surface area contributed by atoms with E-state index >= 15 is 0 Å². The number of pyridine rings is 1. The van der Waals surface area contributed by atoms with Gasteiger partial charge in [-0.15, -0.1) is 0 Å². The van der Waals surface area contributed by atoms with Crippen LogP contribution in [0, 0.1) is 5.82 Å². The summed E-state index contributed by atoms with van der Waals surface area (Å²) in [6.45, 7) is 3.03. The molecule has 1 N–H and O–H groups in total. The molecule has 1 heterocycles. The fourth-order valence-electron chi connectivity index (χ4n) is 2.14. The summed E-state index contributed by atoms with van der Waals surface area (Å²) in [5.74, 6) is -0.197. The predicted octanol–water partition coefficient (Wildman–Crippen LogP) is 4.27. The SMILES string of the molecule is CCCNC(Cc1cccc(F)c1)c1ncccc1Br. The Labute approximate surface area is 127 Å². The Morgan fingerprint density at radius 1 is 1.30 bits per heavy atom. The lowest BCUT2D eigenvalue weighted by Crippen LogP contribution is -2.25. The number of benzene rings is 1. The summed E-state index contributed by atoms with van der Waals surface area (Å²) in [6.07, 6.45) is 3.55. The number of aromatic nitrogens is 1. The van der Waals surface area contributed by atoms with Crippen molar-refractivity contribution in [2.45, 2.75) is 25.8 Å². The molecule has 0 spiro atoms. The van der Waals surface area contributed by atoms with Crippen molar-refractivity contribution in [1.82, 2.24) is 10.3 Å². The Morgan fingerprint density at radius 3 is 2.85 bits per heavy atom. The standard InChI is InChI=1S/C16H18BrFN2/c1-2-8-19-15(16-14(17)7-4-9-20-16)11-12-5-3-6-13(18)10-12/h3-7,9-10,15,19H,2,8,11H2,1H3. The molecular formula is C16H18BrFN2. The third-order valence-electron chi connectivity index (χ3n) is 3.09.